The lowest BCUT2D eigenvalue weighted by Gasteiger charge is -2.00. The van der Waals surface area contributed by atoms with Crippen LogP contribution < -0.4 is 5.69 Å². The number of benzene rings is 1. The molecule has 0 unspecified atom stereocenters. The van der Waals surface area contributed by atoms with E-state index in [0.717, 1.165) is 10.7 Å². The highest BCUT2D eigenvalue weighted by Crippen LogP contribution is 2.04. The minimum atomic E-state index is -0.482. The monoisotopic (exact) mass is 235 g/mol. The molecule has 17 heavy (non-hydrogen) atoms. The van der Waals surface area contributed by atoms with Crippen molar-refractivity contribution in [1.29, 1.82) is 0 Å². The molecule has 1 heterocycles. The predicted octanol–water partition coefficient (Wildman–Crippen LogP) is 0.604. The Morgan fingerprint density at radius 3 is 2.82 bits per heavy atom. The van der Waals surface area contributed by atoms with Crippen molar-refractivity contribution in [1.82, 2.24) is 14.3 Å². The highest BCUT2D eigenvalue weighted by atomic mass is 19.1. The Balaban J connectivity index is 2.23. The first kappa shape index (κ1) is 11.3. The topological polar surface area (TPSA) is 56.9 Å². The summed E-state index contributed by atoms with van der Waals surface area (Å²) in [6, 6.07) is 5.34. The van der Waals surface area contributed by atoms with Crippen LogP contribution in [0.15, 0.2) is 35.4 Å². The molecule has 0 aliphatic rings. The Labute approximate surface area is 96.1 Å². The van der Waals surface area contributed by atoms with Crippen LogP contribution in [0.25, 0.3) is 0 Å². The number of aromatic nitrogens is 3. The van der Waals surface area contributed by atoms with Gasteiger partial charge in [-0.15, -0.1) is 0 Å². The highest BCUT2D eigenvalue weighted by Gasteiger charge is 2.10. The van der Waals surface area contributed by atoms with Crippen LogP contribution in [0.5, 0.6) is 0 Å². The zero-order valence-electron chi connectivity index (χ0n) is 9.13. The Kier molecular flexibility index (Phi) is 2.86. The second-order valence-electron chi connectivity index (χ2n) is 3.62. The van der Waals surface area contributed by atoms with Gasteiger partial charge >= 0.3 is 5.69 Å². The van der Waals surface area contributed by atoms with Crippen molar-refractivity contribution in [2.45, 2.75) is 6.54 Å². The van der Waals surface area contributed by atoms with E-state index >= 15 is 0 Å². The number of Topliss-reactive ketones (excluding diaryl/α,β-unsaturated/α-hetero) is 1. The van der Waals surface area contributed by atoms with Gasteiger partial charge in [0, 0.05) is 12.6 Å². The summed E-state index contributed by atoms with van der Waals surface area (Å²) in [5, 5.41) is 3.76. The summed E-state index contributed by atoms with van der Waals surface area (Å²) in [6.07, 6.45) is 1.32. The van der Waals surface area contributed by atoms with Gasteiger partial charge in [0.1, 0.15) is 18.7 Å². The summed E-state index contributed by atoms with van der Waals surface area (Å²) in [5.74, 6) is -0.838. The first-order valence-corrected chi connectivity index (χ1v) is 4.95. The molecule has 0 atom stereocenters. The largest absolute Gasteiger partial charge is 0.345 e. The van der Waals surface area contributed by atoms with Crippen molar-refractivity contribution in [2.75, 3.05) is 0 Å². The van der Waals surface area contributed by atoms with Gasteiger partial charge in [-0.3, -0.25) is 9.36 Å². The van der Waals surface area contributed by atoms with E-state index in [0.29, 0.717) is 0 Å². The van der Waals surface area contributed by atoms with Gasteiger partial charge < -0.3 is 0 Å². The molecule has 0 amide bonds. The molecular formula is C11H10FN3O2. The third-order valence-electron chi connectivity index (χ3n) is 2.33. The molecule has 5 nitrogen and oxygen atoms in total. The predicted molar refractivity (Wildman–Crippen MR) is 58.2 cm³/mol. The zero-order valence-corrected chi connectivity index (χ0v) is 9.13. The van der Waals surface area contributed by atoms with Crippen molar-refractivity contribution in [2.24, 2.45) is 7.05 Å². The van der Waals surface area contributed by atoms with Gasteiger partial charge in [0.05, 0.1) is 0 Å². The summed E-state index contributed by atoms with van der Waals surface area (Å²) in [5.41, 5.74) is -0.155. The van der Waals surface area contributed by atoms with E-state index in [1.807, 2.05) is 0 Å². The molecule has 0 aliphatic carbocycles. The maximum atomic E-state index is 12.9. The molecule has 0 saturated heterocycles. The van der Waals surface area contributed by atoms with E-state index < -0.39 is 5.82 Å². The maximum Gasteiger partial charge on any atom is 0.345 e. The summed E-state index contributed by atoms with van der Waals surface area (Å²) < 4.78 is 15.2. The number of ketones is 1. The molecule has 2 aromatic rings. The summed E-state index contributed by atoms with van der Waals surface area (Å²) in [4.78, 5) is 23.2. The zero-order chi connectivity index (χ0) is 12.4. The van der Waals surface area contributed by atoms with E-state index in [2.05, 4.69) is 5.10 Å². The Bertz CT molecular complexity index is 615. The fraction of sp³-hybridized carbons (Fsp3) is 0.182. The van der Waals surface area contributed by atoms with E-state index in [9.17, 15) is 14.0 Å². The quantitative estimate of drug-likeness (QED) is 0.732. The SMILES string of the molecule is Cn1cnn(CC(=O)c2cccc(F)c2)c1=O. The lowest BCUT2D eigenvalue weighted by atomic mass is 10.1. The van der Waals surface area contributed by atoms with Crippen LogP contribution >= 0.6 is 0 Å². The molecule has 1 aromatic carbocycles. The van der Waals surface area contributed by atoms with Crippen LogP contribution in [0.4, 0.5) is 4.39 Å². The molecule has 0 fully saturated rings. The van der Waals surface area contributed by atoms with Crippen LogP contribution in [0.1, 0.15) is 10.4 Å². The second-order valence-corrected chi connectivity index (χ2v) is 3.62. The Morgan fingerprint density at radius 1 is 1.47 bits per heavy atom. The number of hydrogen-bond donors (Lipinski definition) is 0. The lowest BCUT2D eigenvalue weighted by Crippen LogP contribution is -2.26. The minimum absolute atomic E-state index is 0.191. The molecule has 0 saturated carbocycles. The molecule has 0 aliphatic heterocycles. The number of hydrogen-bond acceptors (Lipinski definition) is 3. The standard InChI is InChI=1S/C11H10FN3O2/c1-14-7-13-15(11(14)17)6-10(16)8-3-2-4-9(12)5-8/h2-5,7H,6H2,1H3. The van der Waals surface area contributed by atoms with Crippen molar-refractivity contribution in [3.63, 3.8) is 0 Å². The molecule has 88 valence electrons. The van der Waals surface area contributed by atoms with Crippen molar-refractivity contribution in [3.8, 4) is 0 Å². The number of aryl methyl sites for hydroxylation is 1. The van der Waals surface area contributed by atoms with E-state index in [4.69, 9.17) is 0 Å². The minimum Gasteiger partial charge on any atom is -0.292 e. The third-order valence-corrected chi connectivity index (χ3v) is 2.33. The number of nitrogens with zero attached hydrogens (tertiary/aromatic N) is 3. The number of halogens is 1. The molecular weight excluding hydrogens is 225 g/mol. The van der Waals surface area contributed by atoms with Gasteiger partial charge in [-0.05, 0) is 12.1 Å². The van der Waals surface area contributed by atoms with Crippen LogP contribution in [0.2, 0.25) is 0 Å². The first-order valence-electron chi connectivity index (χ1n) is 4.95. The first-order chi connectivity index (χ1) is 8.08. The average Bonchev–Trinajstić information content (AvgIpc) is 2.61. The Morgan fingerprint density at radius 2 is 2.24 bits per heavy atom. The maximum absolute atomic E-state index is 12.9. The number of carbonyl (C=O) groups excluding carboxylic acids is 1. The summed E-state index contributed by atoms with van der Waals surface area (Å²) in [6.45, 7) is -0.191. The molecule has 2 rings (SSSR count). The van der Waals surface area contributed by atoms with Crippen LogP contribution in [-0.2, 0) is 13.6 Å². The van der Waals surface area contributed by atoms with Gasteiger partial charge in [-0.1, -0.05) is 12.1 Å². The third kappa shape index (κ3) is 2.30. The summed E-state index contributed by atoms with van der Waals surface area (Å²) in [7, 11) is 1.54. The van der Waals surface area contributed by atoms with Gasteiger partial charge in [0.2, 0.25) is 0 Å². The van der Waals surface area contributed by atoms with Gasteiger partial charge in [0.25, 0.3) is 0 Å². The molecule has 6 heteroatoms. The fourth-order valence-electron chi connectivity index (χ4n) is 1.42. The number of carbonyl (C=O) groups is 1. The molecule has 1 aromatic heterocycles. The molecule has 0 spiro atoms. The smallest absolute Gasteiger partial charge is 0.292 e. The summed E-state index contributed by atoms with van der Waals surface area (Å²) >= 11 is 0. The second kappa shape index (κ2) is 4.32. The van der Waals surface area contributed by atoms with Crippen molar-refractivity contribution >= 4 is 5.78 Å². The van der Waals surface area contributed by atoms with E-state index in [1.165, 1.54) is 29.1 Å². The van der Waals surface area contributed by atoms with E-state index in [1.54, 1.807) is 7.05 Å². The molecule has 0 N–H and O–H groups in total. The van der Waals surface area contributed by atoms with Gasteiger partial charge in [-0.25, -0.2) is 13.9 Å². The average molecular weight is 235 g/mol. The van der Waals surface area contributed by atoms with Crippen LogP contribution in [0.3, 0.4) is 0 Å². The molecule has 0 radical (unpaired) electrons. The fourth-order valence-corrected chi connectivity index (χ4v) is 1.42. The lowest BCUT2D eigenvalue weighted by molar-refractivity contribution is 0.0965. The Hall–Kier alpha value is -2.24. The van der Waals surface area contributed by atoms with Crippen LogP contribution in [0, 0.1) is 5.82 Å². The van der Waals surface area contributed by atoms with Crippen molar-refractivity contribution in [3.05, 3.63) is 52.5 Å². The normalized spacial score (nSPS) is 10.5. The highest BCUT2D eigenvalue weighted by molar-refractivity contribution is 5.95. The number of rotatable bonds is 3. The van der Waals surface area contributed by atoms with Gasteiger partial charge in [-0.2, -0.15) is 5.10 Å². The van der Waals surface area contributed by atoms with Crippen molar-refractivity contribution < 1.29 is 9.18 Å². The van der Waals surface area contributed by atoms with E-state index in [-0.39, 0.29) is 23.6 Å². The van der Waals surface area contributed by atoms with Crippen LogP contribution in [-0.4, -0.2) is 20.1 Å². The molecule has 0 bridgehead atoms. The van der Waals surface area contributed by atoms with Gasteiger partial charge in [0.15, 0.2) is 5.78 Å².